The van der Waals surface area contributed by atoms with Gasteiger partial charge in [0.2, 0.25) is 0 Å². The van der Waals surface area contributed by atoms with E-state index in [1.54, 1.807) is 23.1 Å². The van der Waals surface area contributed by atoms with Crippen molar-refractivity contribution in [2.24, 2.45) is 5.92 Å². The zero-order valence-corrected chi connectivity index (χ0v) is 14.2. The smallest absolute Gasteiger partial charge is 0.174 e. The predicted molar refractivity (Wildman–Crippen MR) is 90.4 cm³/mol. The number of nitrogens with two attached hydrogens (primary N) is 1. The zero-order chi connectivity index (χ0) is 14.7. The fourth-order valence-electron chi connectivity index (χ4n) is 2.77. The molecule has 1 aromatic rings. The molecule has 0 saturated carbocycles. The Balaban J connectivity index is 2.33. The van der Waals surface area contributed by atoms with Gasteiger partial charge in [-0.2, -0.15) is 0 Å². The van der Waals surface area contributed by atoms with Gasteiger partial charge in [0, 0.05) is 19.5 Å². The number of carbonyl (C=O) groups is 1. The summed E-state index contributed by atoms with van der Waals surface area (Å²) in [7, 11) is 0. The van der Waals surface area contributed by atoms with Crippen molar-refractivity contribution in [2.75, 3.05) is 30.0 Å². The van der Waals surface area contributed by atoms with Crippen LogP contribution in [-0.4, -0.2) is 25.1 Å². The lowest BCUT2D eigenvalue weighted by Crippen LogP contribution is -2.34. The van der Waals surface area contributed by atoms with Crippen LogP contribution in [0.4, 0.5) is 10.7 Å². The SMILES string of the molecule is CCC(=O)c1sc(N2CCCC(CC)C2)c(SC)c1N. The van der Waals surface area contributed by atoms with E-state index >= 15 is 0 Å². The zero-order valence-electron chi connectivity index (χ0n) is 12.6. The highest BCUT2D eigenvalue weighted by Crippen LogP contribution is 2.45. The van der Waals surface area contributed by atoms with Crippen molar-refractivity contribution >= 4 is 39.6 Å². The van der Waals surface area contributed by atoms with E-state index in [4.69, 9.17) is 5.73 Å². The summed E-state index contributed by atoms with van der Waals surface area (Å²) in [4.78, 5) is 16.3. The van der Waals surface area contributed by atoms with Crippen molar-refractivity contribution in [2.45, 2.75) is 44.4 Å². The van der Waals surface area contributed by atoms with Crippen molar-refractivity contribution in [1.29, 1.82) is 0 Å². The van der Waals surface area contributed by atoms with Crippen molar-refractivity contribution < 1.29 is 4.79 Å². The van der Waals surface area contributed by atoms with Crippen LogP contribution >= 0.6 is 23.1 Å². The van der Waals surface area contributed by atoms with E-state index in [0.29, 0.717) is 12.1 Å². The number of hydrogen-bond acceptors (Lipinski definition) is 5. The van der Waals surface area contributed by atoms with E-state index in [1.807, 2.05) is 13.2 Å². The number of thiophene rings is 1. The number of ketones is 1. The quantitative estimate of drug-likeness (QED) is 0.651. The molecule has 0 amide bonds. The lowest BCUT2D eigenvalue weighted by atomic mass is 9.96. The summed E-state index contributed by atoms with van der Waals surface area (Å²) >= 11 is 3.26. The molecule has 0 bridgehead atoms. The first kappa shape index (κ1) is 15.7. The number of nitrogen functional groups attached to an aromatic ring is 1. The maximum Gasteiger partial charge on any atom is 0.174 e. The van der Waals surface area contributed by atoms with Crippen LogP contribution in [0.25, 0.3) is 0 Å². The first-order valence-corrected chi connectivity index (χ1v) is 9.40. The van der Waals surface area contributed by atoms with Gasteiger partial charge < -0.3 is 10.6 Å². The Morgan fingerprint density at radius 1 is 1.50 bits per heavy atom. The number of rotatable bonds is 5. The molecule has 1 aliphatic rings. The van der Waals surface area contributed by atoms with Gasteiger partial charge in [-0.25, -0.2) is 0 Å². The van der Waals surface area contributed by atoms with Crippen LogP contribution < -0.4 is 10.6 Å². The molecule has 3 nitrogen and oxygen atoms in total. The largest absolute Gasteiger partial charge is 0.396 e. The molecule has 1 aromatic heterocycles. The van der Waals surface area contributed by atoms with Gasteiger partial charge in [0.1, 0.15) is 5.00 Å². The molecule has 1 atom stereocenters. The van der Waals surface area contributed by atoms with Crippen LogP contribution in [0.5, 0.6) is 0 Å². The van der Waals surface area contributed by atoms with E-state index in [9.17, 15) is 4.79 Å². The van der Waals surface area contributed by atoms with Gasteiger partial charge in [0.05, 0.1) is 15.5 Å². The highest BCUT2D eigenvalue weighted by Gasteiger charge is 2.26. The minimum absolute atomic E-state index is 0.165. The lowest BCUT2D eigenvalue weighted by Gasteiger charge is -2.33. The van der Waals surface area contributed by atoms with Crippen molar-refractivity contribution in [1.82, 2.24) is 0 Å². The fourth-order valence-corrected chi connectivity index (χ4v) is 5.00. The number of carbonyl (C=O) groups excluding carboxylic acids is 1. The molecular formula is C15H24N2OS2. The molecule has 1 saturated heterocycles. The molecule has 1 unspecified atom stereocenters. The van der Waals surface area contributed by atoms with Gasteiger partial charge >= 0.3 is 0 Å². The Kier molecular flexibility index (Phi) is 5.38. The van der Waals surface area contributed by atoms with Gasteiger partial charge in [-0.15, -0.1) is 23.1 Å². The van der Waals surface area contributed by atoms with Crippen molar-refractivity contribution in [3.63, 3.8) is 0 Å². The van der Waals surface area contributed by atoms with Gasteiger partial charge in [0.25, 0.3) is 0 Å². The van der Waals surface area contributed by atoms with E-state index in [2.05, 4.69) is 11.8 Å². The van der Waals surface area contributed by atoms with Crippen molar-refractivity contribution in [3.05, 3.63) is 4.88 Å². The molecule has 1 aliphatic heterocycles. The summed E-state index contributed by atoms with van der Waals surface area (Å²) in [5, 5.41) is 1.21. The number of piperidine rings is 1. The number of nitrogens with zero attached hydrogens (tertiary/aromatic N) is 1. The second-order valence-electron chi connectivity index (χ2n) is 5.32. The highest BCUT2D eigenvalue weighted by molar-refractivity contribution is 7.99. The molecule has 0 radical (unpaired) electrons. The monoisotopic (exact) mass is 312 g/mol. The molecule has 1 fully saturated rings. The minimum Gasteiger partial charge on any atom is -0.396 e. The maximum atomic E-state index is 12.0. The standard InChI is InChI=1S/C15H24N2OS2/c1-4-10-7-6-8-17(9-10)15-14(19-3)12(16)13(20-15)11(18)5-2/h10H,4-9,16H2,1-3H3. The molecule has 2 N–H and O–H groups in total. The third-order valence-electron chi connectivity index (χ3n) is 4.04. The Labute approximate surface area is 129 Å². The predicted octanol–water partition coefficient (Wildman–Crippen LogP) is 4.27. The molecule has 2 heterocycles. The first-order chi connectivity index (χ1) is 9.62. The molecule has 0 spiro atoms. The van der Waals surface area contributed by atoms with Crippen LogP contribution in [0, 0.1) is 5.92 Å². The fraction of sp³-hybridized carbons (Fsp3) is 0.667. The Bertz CT molecular complexity index is 484. The van der Waals surface area contributed by atoms with Gasteiger partial charge in [-0.05, 0) is 25.0 Å². The van der Waals surface area contributed by atoms with Gasteiger partial charge in [-0.1, -0.05) is 20.3 Å². The van der Waals surface area contributed by atoms with Gasteiger partial charge in [0.15, 0.2) is 5.78 Å². The second kappa shape index (κ2) is 6.85. The van der Waals surface area contributed by atoms with Crippen molar-refractivity contribution in [3.8, 4) is 0 Å². The minimum atomic E-state index is 0.165. The normalized spacial score (nSPS) is 19.4. The average molecular weight is 313 g/mol. The summed E-state index contributed by atoms with van der Waals surface area (Å²) in [5.41, 5.74) is 6.90. The molecule has 20 heavy (non-hydrogen) atoms. The van der Waals surface area contributed by atoms with E-state index in [1.165, 1.54) is 24.3 Å². The third-order valence-corrected chi connectivity index (χ3v) is 6.30. The summed E-state index contributed by atoms with van der Waals surface area (Å²) in [6.45, 7) is 6.35. The highest BCUT2D eigenvalue weighted by atomic mass is 32.2. The molecule has 0 aromatic carbocycles. The summed E-state index contributed by atoms with van der Waals surface area (Å²) in [5.74, 6) is 0.935. The number of hydrogen-bond donors (Lipinski definition) is 1. The topological polar surface area (TPSA) is 46.3 Å². The van der Waals surface area contributed by atoms with Crippen LogP contribution in [0.2, 0.25) is 0 Å². The van der Waals surface area contributed by atoms with Crippen LogP contribution in [0.15, 0.2) is 4.90 Å². The number of anilines is 2. The molecule has 112 valence electrons. The Morgan fingerprint density at radius 2 is 2.25 bits per heavy atom. The summed E-state index contributed by atoms with van der Waals surface area (Å²) in [6.07, 6.45) is 6.36. The number of thioether (sulfide) groups is 1. The third kappa shape index (κ3) is 2.98. The van der Waals surface area contributed by atoms with Crippen LogP contribution in [0.1, 0.15) is 49.2 Å². The maximum absolute atomic E-state index is 12.0. The first-order valence-electron chi connectivity index (χ1n) is 7.36. The molecule has 2 rings (SSSR count). The molecular weight excluding hydrogens is 288 g/mol. The molecule has 0 aliphatic carbocycles. The van der Waals surface area contributed by atoms with Gasteiger partial charge in [-0.3, -0.25) is 4.79 Å². The summed E-state index contributed by atoms with van der Waals surface area (Å²) in [6, 6.07) is 0. The lowest BCUT2D eigenvalue weighted by molar-refractivity contribution is 0.0992. The number of Topliss-reactive ketones (excluding diaryl/α,β-unsaturated/α-hetero) is 1. The van der Waals surface area contributed by atoms with E-state index in [-0.39, 0.29) is 5.78 Å². The second-order valence-corrected chi connectivity index (χ2v) is 7.14. The summed E-state index contributed by atoms with van der Waals surface area (Å²) < 4.78 is 0. The van der Waals surface area contributed by atoms with Crippen LogP contribution in [0.3, 0.4) is 0 Å². The Hall–Kier alpha value is -0.680. The molecule has 5 heteroatoms. The Morgan fingerprint density at radius 3 is 2.85 bits per heavy atom. The van der Waals surface area contributed by atoms with Crippen LogP contribution in [-0.2, 0) is 0 Å². The van der Waals surface area contributed by atoms with E-state index < -0.39 is 0 Å². The average Bonchev–Trinajstić information content (AvgIpc) is 2.83. The van der Waals surface area contributed by atoms with E-state index in [0.717, 1.165) is 28.8 Å².